The van der Waals surface area contributed by atoms with Crippen LogP contribution in [0.2, 0.25) is 0 Å². The van der Waals surface area contributed by atoms with Crippen LogP contribution in [-0.4, -0.2) is 30.5 Å². The Morgan fingerprint density at radius 1 is 1.00 bits per heavy atom. The van der Waals surface area contributed by atoms with Crippen molar-refractivity contribution in [3.8, 4) is 5.75 Å². The molecular formula is C21H21NO2. The number of amides is 1. The van der Waals surface area contributed by atoms with Crippen LogP contribution < -0.4 is 4.74 Å². The highest BCUT2D eigenvalue weighted by Crippen LogP contribution is 2.40. The third kappa shape index (κ3) is 2.50. The fourth-order valence-electron chi connectivity index (χ4n) is 3.88. The molecule has 0 aliphatic carbocycles. The lowest BCUT2D eigenvalue weighted by Gasteiger charge is -2.33. The Balaban J connectivity index is 1.86. The summed E-state index contributed by atoms with van der Waals surface area (Å²) in [6.07, 6.45) is 3.14. The lowest BCUT2D eigenvalue weighted by Crippen LogP contribution is -2.39. The first-order valence-corrected chi connectivity index (χ1v) is 8.52. The van der Waals surface area contributed by atoms with Crippen molar-refractivity contribution in [2.24, 2.45) is 0 Å². The largest absolute Gasteiger partial charge is 0.497 e. The summed E-state index contributed by atoms with van der Waals surface area (Å²) in [4.78, 5) is 15.2. The van der Waals surface area contributed by atoms with Crippen LogP contribution in [0.4, 0.5) is 0 Å². The minimum absolute atomic E-state index is 0.181. The van der Waals surface area contributed by atoms with Crippen molar-refractivity contribution in [1.29, 1.82) is 0 Å². The van der Waals surface area contributed by atoms with Gasteiger partial charge < -0.3 is 9.64 Å². The van der Waals surface area contributed by atoms with Crippen molar-refractivity contribution in [3.05, 3.63) is 65.7 Å². The molecule has 0 bridgehead atoms. The molecule has 0 radical (unpaired) electrons. The van der Waals surface area contributed by atoms with Gasteiger partial charge in [0.25, 0.3) is 5.91 Å². The molecule has 2 aromatic rings. The molecule has 3 nitrogen and oxygen atoms in total. The maximum atomic E-state index is 13.2. The molecule has 2 aliphatic rings. The van der Waals surface area contributed by atoms with E-state index in [4.69, 9.17) is 4.74 Å². The van der Waals surface area contributed by atoms with E-state index in [9.17, 15) is 4.79 Å². The molecule has 1 fully saturated rings. The van der Waals surface area contributed by atoms with Crippen molar-refractivity contribution in [2.75, 3.05) is 13.7 Å². The van der Waals surface area contributed by atoms with Gasteiger partial charge in [-0.3, -0.25) is 4.79 Å². The normalized spacial score (nSPS) is 20.3. The van der Waals surface area contributed by atoms with Crippen LogP contribution in [0.15, 0.2) is 54.6 Å². The number of carbonyl (C=O) groups is 1. The average molecular weight is 319 g/mol. The molecule has 0 N–H and O–H groups in total. The third-order valence-electron chi connectivity index (χ3n) is 5.09. The Morgan fingerprint density at radius 3 is 2.46 bits per heavy atom. The van der Waals surface area contributed by atoms with E-state index < -0.39 is 0 Å². The van der Waals surface area contributed by atoms with E-state index in [1.54, 1.807) is 7.11 Å². The van der Waals surface area contributed by atoms with E-state index >= 15 is 0 Å². The van der Waals surface area contributed by atoms with Crippen molar-refractivity contribution in [2.45, 2.75) is 25.3 Å². The van der Waals surface area contributed by atoms with Gasteiger partial charge in [0.05, 0.1) is 12.7 Å². The topological polar surface area (TPSA) is 29.5 Å². The van der Waals surface area contributed by atoms with Gasteiger partial charge in [-0.2, -0.15) is 0 Å². The zero-order chi connectivity index (χ0) is 16.5. The molecule has 0 unspecified atom stereocenters. The van der Waals surface area contributed by atoms with Gasteiger partial charge >= 0.3 is 0 Å². The molecular weight excluding hydrogens is 298 g/mol. The summed E-state index contributed by atoms with van der Waals surface area (Å²) in [5.74, 6) is 1.02. The summed E-state index contributed by atoms with van der Waals surface area (Å²) in [7, 11) is 1.67. The molecule has 1 atom stereocenters. The maximum absolute atomic E-state index is 13.2. The molecule has 2 heterocycles. The van der Waals surface area contributed by atoms with Crippen LogP contribution in [0.3, 0.4) is 0 Å². The number of rotatable bonds is 3. The maximum Gasteiger partial charge on any atom is 0.255 e. The van der Waals surface area contributed by atoms with Crippen molar-refractivity contribution in [1.82, 2.24) is 4.90 Å². The number of benzene rings is 2. The van der Waals surface area contributed by atoms with Gasteiger partial charge in [-0.05, 0) is 48.1 Å². The predicted octanol–water partition coefficient (Wildman–Crippen LogP) is 4.00. The van der Waals surface area contributed by atoms with Gasteiger partial charge in [0.15, 0.2) is 0 Å². The summed E-state index contributed by atoms with van der Waals surface area (Å²) in [5.41, 5.74) is 4.16. The lowest BCUT2D eigenvalue weighted by molar-refractivity contribution is -0.126. The number of nitrogens with zero attached hydrogens (tertiary/aromatic N) is 1. The zero-order valence-electron chi connectivity index (χ0n) is 13.9. The van der Waals surface area contributed by atoms with Crippen LogP contribution >= 0.6 is 0 Å². The van der Waals surface area contributed by atoms with Crippen molar-refractivity contribution >= 4 is 17.1 Å². The molecule has 122 valence electrons. The molecule has 4 rings (SSSR count). The molecule has 3 heteroatoms. The first kappa shape index (κ1) is 15.0. The number of hydrogen-bond donors (Lipinski definition) is 0. The standard InChI is InChI=1S/C21H21NO2/c1-24-18-11-9-15(10-12-18)19-14-17-8-5-13-22(17)21(23)20(19)16-6-3-2-4-7-16/h2-4,6-7,9-12,17H,5,8,13-14H2,1H3/t17-/m1/s1. The monoisotopic (exact) mass is 319 g/mol. The van der Waals surface area contributed by atoms with Crippen LogP contribution in [-0.2, 0) is 4.79 Å². The van der Waals surface area contributed by atoms with Gasteiger partial charge in [-0.1, -0.05) is 42.5 Å². The van der Waals surface area contributed by atoms with E-state index in [2.05, 4.69) is 17.0 Å². The van der Waals surface area contributed by atoms with Gasteiger partial charge in [-0.25, -0.2) is 0 Å². The Labute approximate surface area is 142 Å². The van der Waals surface area contributed by atoms with Gasteiger partial charge in [0.1, 0.15) is 5.75 Å². The number of fused-ring (bicyclic) bond motifs is 1. The third-order valence-corrected chi connectivity index (χ3v) is 5.09. The van der Waals surface area contributed by atoms with E-state index in [0.29, 0.717) is 6.04 Å². The molecule has 2 aliphatic heterocycles. The number of methoxy groups -OCH3 is 1. The van der Waals surface area contributed by atoms with Crippen LogP contribution in [0, 0.1) is 0 Å². The fraction of sp³-hybridized carbons (Fsp3) is 0.286. The number of hydrogen-bond acceptors (Lipinski definition) is 2. The van der Waals surface area contributed by atoms with Crippen molar-refractivity contribution < 1.29 is 9.53 Å². The average Bonchev–Trinajstić information content (AvgIpc) is 3.11. The second-order valence-electron chi connectivity index (χ2n) is 6.45. The smallest absolute Gasteiger partial charge is 0.255 e. The van der Waals surface area contributed by atoms with Gasteiger partial charge in [0.2, 0.25) is 0 Å². The Hall–Kier alpha value is -2.55. The van der Waals surface area contributed by atoms with Crippen LogP contribution in [0.1, 0.15) is 30.4 Å². The van der Waals surface area contributed by atoms with Crippen LogP contribution in [0.25, 0.3) is 11.1 Å². The quantitative estimate of drug-likeness (QED) is 0.856. The van der Waals surface area contributed by atoms with E-state index in [0.717, 1.165) is 53.8 Å². The molecule has 0 saturated carbocycles. The summed E-state index contributed by atoms with van der Waals surface area (Å²) >= 11 is 0. The van der Waals surface area contributed by atoms with Gasteiger partial charge in [0, 0.05) is 12.6 Å². The van der Waals surface area contributed by atoms with E-state index in [-0.39, 0.29) is 5.91 Å². The molecule has 0 aromatic heterocycles. The van der Waals surface area contributed by atoms with Crippen molar-refractivity contribution in [3.63, 3.8) is 0 Å². The molecule has 1 amide bonds. The first-order valence-electron chi connectivity index (χ1n) is 8.52. The predicted molar refractivity (Wildman–Crippen MR) is 95.6 cm³/mol. The zero-order valence-corrected chi connectivity index (χ0v) is 13.9. The molecule has 24 heavy (non-hydrogen) atoms. The Bertz CT molecular complexity index is 777. The highest BCUT2D eigenvalue weighted by Gasteiger charge is 2.37. The molecule has 2 aromatic carbocycles. The summed E-state index contributed by atoms with van der Waals surface area (Å²) in [6.45, 7) is 0.885. The first-order chi connectivity index (χ1) is 11.8. The second-order valence-corrected chi connectivity index (χ2v) is 6.45. The van der Waals surface area contributed by atoms with E-state index in [1.807, 2.05) is 42.5 Å². The SMILES string of the molecule is COc1ccc(C2=C(c3ccccc3)C(=O)N3CCC[C@@H]3C2)cc1. The minimum Gasteiger partial charge on any atom is -0.497 e. The van der Waals surface area contributed by atoms with E-state index in [1.165, 1.54) is 0 Å². The van der Waals surface area contributed by atoms with Gasteiger partial charge in [-0.15, -0.1) is 0 Å². The Morgan fingerprint density at radius 2 is 1.75 bits per heavy atom. The molecule has 1 saturated heterocycles. The summed E-state index contributed by atoms with van der Waals surface area (Å²) < 4.78 is 5.27. The Kier molecular flexibility index (Phi) is 3.85. The van der Waals surface area contributed by atoms with Crippen LogP contribution in [0.5, 0.6) is 5.75 Å². The minimum atomic E-state index is 0.181. The fourth-order valence-corrected chi connectivity index (χ4v) is 3.88. The highest BCUT2D eigenvalue weighted by atomic mass is 16.5. The summed E-state index contributed by atoms with van der Waals surface area (Å²) in [5, 5.41) is 0. The highest BCUT2D eigenvalue weighted by molar-refractivity contribution is 6.28. The second kappa shape index (κ2) is 6.16. The lowest BCUT2D eigenvalue weighted by atomic mass is 9.85. The number of carbonyl (C=O) groups excluding carboxylic acids is 1. The molecule has 0 spiro atoms. The summed E-state index contributed by atoms with van der Waals surface area (Å²) in [6, 6.07) is 18.5. The number of ether oxygens (including phenoxy) is 1.